The molecule has 0 aromatic carbocycles. The summed E-state index contributed by atoms with van der Waals surface area (Å²) >= 11 is 0. The Balaban J connectivity index is 1.75. The molecule has 1 nitrogen and oxygen atoms in total. The molecule has 110 valence electrons. The minimum atomic E-state index is 0.418. The van der Waals surface area contributed by atoms with E-state index in [1.807, 2.05) is 0 Å². The van der Waals surface area contributed by atoms with Crippen LogP contribution >= 0.6 is 0 Å². The fourth-order valence-electron chi connectivity index (χ4n) is 4.25. The van der Waals surface area contributed by atoms with Gasteiger partial charge in [0.2, 0.25) is 0 Å². The Kier molecular flexibility index (Phi) is 5.91. The van der Waals surface area contributed by atoms with E-state index in [-0.39, 0.29) is 0 Å². The molecule has 0 aliphatic heterocycles. The van der Waals surface area contributed by atoms with Crippen LogP contribution in [0.25, 0.3) is 0 Å². The van der Waals surface area contributed by atoms with Crippen LogP contribution in [0.5, 0.6) is 0 Å². The SMILES string of the molecule is CCCCC1CCC(C(=O)C2CCCC(C)C2)CC1. The second-order valence-corrected chi connectivity index (χ2v) is 7.23. The lowest BCUT2D eigenvalue weighted by Gasteiger charge is -2.32. The summed E-state index contributed by atoms with van der Waals surface area (Å²) in [6.07, 6.45) is 14.1. The van der Waals surface area contributed by atoms with Gasteiger partial charge in [0.05, 0.1) is 0 Å². The number of hydrogen-bond acceptors (Lipinski definition) is 1. The van der Waals surface area contributed by atoms with Crippen molar-refractivity contribution in [2.24, 2.45) is 23.7 Å². The van der Waals surface area contributed by atoms with Crippen LogP contribution in [0, 0.1) is 23.7 Å². The quantitative estimate of drug-likeness (QED) is 0.651. The highest BCUT2D eigenvalue weighted by molar-refractivity contribution is 5.83. The van der Waals surface area contributed by atoms with E-state index < -0.39 is 0 Å². The van der Waals surface area contributed by atoms with Crippen LogP contribution in [0.4, 0.5) is 0 Å². The topological polar surface area (TPSA) is 17.1 Å². The lowest BCUT2D eigenvalue weighted by molar-refractivity contribution is -0.129. The molecule has 2 atom stereocenters. The van der Waals surface area contributed by atoms with E-state index in [0.29, 0.717) is 17.6 Å². The zero-order chi connectivity index (χ0) is 13.7. The fraction of sp³-hybridized carbons (Fsp3) is 0.944. The summed E-state index contributed by atoms with van der Waals surface area (Å²) in [6, 6.07) is 0. The first-order chi connectivity index (χ1) is 9.20. The van der Waals surface area contributed by atoms with E-state index in [2.05, 4.69) is 13.8 Å². The smallest absolute Gasteiger partial charge is 0.139 e. The summed E-state index contributed by atoms with van der Waals surface area (Å²) in [6.45, 7) is 4.60. The van der Waals surface area contributed by atoms with Crippen molar-refractivity contribution in [1.82, 2.24) is 0 Å². The molecule has 0 aromatic rings. The van der Waals surface area contributed by atoms with Gasteiger partial charge in [-0.3, -0.25) is 4.79 Å². The molecular weight excluding hydrogens is 232 g/mol. The van der Waals surface area contributed by atoms with E-state index in [1.165, 1.54) is 70.6 Å². The highest BCUT2D eigenvalue weighted by atomic mass is 16.1. The average Bonchev–Trinajstić information content (AvgIpc) is 2.45. The van der Waals surface area contributed by atoms with Crippen molar-refractivity contribution in [2.45, 2.75) is 84.5 Å². The van der Waals surface area contributed by atoms with Gasteiger partial charge in [-0.2, -0.15) is 0 Å². The van der Waals surface area contributed by atoms with Crippen LogP contribution in [-0.4, -0.2) is 5.78 Å². The second kappa shape index (κ2) is 7.45. The predicted molar refractivity (Wildman–Crippen MR) is 81.1 cm³/mol. The standard InChI is InChI=1S/C18H32O/c1-3-4-7-15-9-11-16(12-10-15)18(19)17-8-5-6-14(2)13-17/h14-17H,3-13H2,1-2H3. The van der Waals surface area contributed by atoms with E-state index in [1.54, 1.807) is 0 Å². The molecule has 2 unspecified atom stereocenters. The van der Waals surface area contributed by atoms with Gasteiger partial charge in [0, 0.05) is 11.8 Å². The molecule has 0 spiro atoms. The van der Waals surface area contributed by atoms with Gasteiger partial charge in [-0.05, 0) is 50.4 Å². The summed E-state index contributed by atoms with van der Waals surface area (Å²) in [7, 11) is 0. The Morgan fingerprint density at radius 2 is 1.74 bits per heavy atom. The van der Waals surface area contributed by atoms with E-state index >= 15 is 0 Å². The summed E-state index contributed by atoms with van der Waals surface area (Å²) in [5.74, 6) is 3.19. The molecule has 0 radical (unpaired) electrons. The number of hydrogen-bond donors (Lipinski definition) is 0. The molecule has 0 bridgehead atoms. The highest BCUT2D eigenvalue weighted by Crippen LogP contribution is 2.37. The molecule has 0 amide bonds. The van der Waals surface area contributed by atoms with Crippen LogP contribution in [0.15, 0.2) is 0 Å². The molecule has 2 fully saturated rings. The average molecular weight is 264 g/mol. The molecule has 0 aromatic heterocycles. The second-order valence-electron chi connectivity index (χ2n) is 7.23. The van der Waals surface area contributed by atoms with E-state index in [4.69, 9.17) is 0 Å². The largest absolute Gasteiger partial charge is 0.299 e. The summed E-state index contributed by atoms with van der Waals surface area (Å²) in [5, 5.41) is 0. The molecule has 2 aliphatic carbocycles. The number of carbonyl (C=O) groups is 1. The number of Topliss-reactive ketones (excluding diaryl/α,β-unsaturated/α-hetero) is 1. The summed E-state index contributed by atoms with van der Waals surface area (Å²) in [5.41, 5.74) is 0. The van der Waals surface area contributed by atoms with Crippen LogP contribution in [0.3, 0.4) is 0 Å². The van der Waals surface area contributed by atoms with Gasteiger partial charge < -0.3 is 0 Å². The number of carbonyl (C=O) groups excluding carboxylic acids is 1. The molecule has 2 aliphatic rings. The van der Waals surface area contributed by atoms with Gasteiger partial charge in [0.25, 0.3) is 0 Å². The van der Waals surface area contributed by atoms with Gasteiger partial charge in [-0.15, -0.1) is 0 Å². The number of ketones is 1. The Bertz CT molecular complexity index is 275. The van der Waals surface area contributed by atoms with Crippen LogP contribution < -0.4 is 0 Å². The maximum atomic E-state index is 12.6. The van der Waals surface area contributed by atoms with Gasteiger partial charge >= 0.3 is 0 Å². The zero-order valence-electron chi connectivity index (χ0n) is 13.0. The molecule has 2 rings (SSSR count). The van der Waals surface area contributed by atoms with Crippen LogP contribution in [0.1, 0.15) is 84.5 Å². The van der Waals surface area contributed by atoms with Crippen molar-refractivity contribution in [3.63, 3.8) is 0 Å². The third-order valence-corrected chi connectivity index (χ3v) is 5.55. The maximum Gasteiger partial charge on any atom is 0.139 e. The third kappa shape index (κ3) is 4.33. The van der Waals surface area contributed by atoms with E-state index in [0.717, 1.165) is 11.8 Å². The zero-order valence-corrected chi connectivity index (χ0v) is 13.0. The minimum Gasteiger partial charge on any atom is -0.299 e. The third-order valence-electron chi connectivity index (χ3n) is 5.55. The monoisotopic (exact) mass is 264 g/mol. The summed E-state index contributed by atoms with van der Waals surface area (Å²) in [4.78, 5) is 12.6. The van der Waals surface area contributed by atoms with Crippen molar-refractivity contribution < 1.29 is 4.79 Å². The van der Waals surface area contributed by atoms with E-state index in [9.17, 15) is 4.79 Å². The van der Waals surface area contributed by atoms with Gasteiger partial charge in [0.1, 0.15) is 5.78 Å². The van der Waals surface area contributed by atoms with Crippen molar-refractivity contribution in [2.75, 3.05) is 0 Å². The van der Waals surface area contributed by atoms with Crippen molar-refractivity contribution in [1.29, 1.82) is 0 Å². The van der Waals surface area contributed by atoms with Gasteiger partial charge in [-0.25, -0.2) is 0 Å². The van der Waals surface area contributed by atoms with Gasteiger partial charge in [0.15, 0.2) is 0 Å². The molecule has 0 N–H and O–H groups in total. The Hall–Kier alpha value is -0.330. The Labute approximate surface area is 119 Å². The first-order valence-corrected chi connectivity index (χ1v) is 8.74. The Morgan fingerprint density at radius 3 is 2.37 bits per heavy atom. The fourth-order valence-corrected chi connectivity index (χ4v) is 4.25. The number of rotatable bonds is 5. The molecule has 0 saturated heterocycles. The van der Waals surface area contributed by atoms with Crippen LogP contribution in [0.2, 0.25) is 0 Å². The summed E-state index contributed by atoms with van der Waals surface area (Å²) < 4.78 is 0. The molecular formula is C18H32O. The van der Waals surface area contributed by atoms with Crippen LogP contribution in [-0.2, 0) is 4.79 Å². The lowest BCUT2D eigenvalue weighted by atomic mass is 9.71. The first-order valence-electron chi connectivity index (χ1n) is 8.74. The first kappa shape index (κ1) is 15.1. The number of unbranched alkanes of at least 4 members (excludes halogenated alkanes) is 1. The van der Waals surface area contributed by atoms with Gasteiger partial charge in [-0.1, -0.05) is 46.0 Å². The molecule has 2 saturated carbocycles. The lowest BCUT2D eigenvalue weighted by Crippen LogP contribution is -2.30. The molecule has 19 heavy (non-hydrogen) atoms. The van der Waals surface area contributed by atoms with Crippen molar-refractivity contribution >= 4 is 5.78 Å². The van der Waals surface area contributed by atoms with Crippen molar-refractivity contribution in [3.8, 4) is 0 Å². The minimum absolute atomic E-state index is 0.418. The normalized spacial score (nSPS) is 36.1. The van der Waals surface area contributed by atoms with Crippen molar-refractivity contribution in [3.05, 3.63) is 0 Å². The molecule has 0 heterocycles. The predicted octanol–water partition coefficient (Wildman–Crippen LogP) is 5.38. The molecule has 1 heteroatoms. The Morgan fingerprint density at radius 1 is 1.00 bits per heavy atom. The maximum absolute atomic E-state index is 12.6. The highest BCUT2D eigenvalue weighted by Gasteiger charge is 2.32.